The van der Waals surface area contributed by atoms with Crippen molar-refractivity contribution in [2.45, 2.75) is 79.3 Å². The number of nitrogens with zero attached hydrogens (tertiary/aromatic N) is 2. The maximum Gasteiger partial charge on any atom is 0.00955 e. The van der Waals surface area contributed by atoms with Crippen LogP contribution in [0, 0.1) is 5.92 Å². The van der Waals surface area contributed by atoms with Gasteiger partial charge in [0.25, 0.3) is 0 Å². The van der Waals surface area contributed by atoms with Crippen LogP contribution in [0.4, 0.5) is 0 Å². The van der Waals surface area contributed by atoms with Crippen LogP contribution < -0.4 is 0 Å². The Morgan fingerprint density at radius 3 is 1.89 bits per heavy atom. The average Bonchev–Trinajstić information content (AvgIpc) is 2.67. The van der Waals surface area contributed by atoms with E-state index in [0.29, 0.717) is 0 Å². The molecule has 0 saturated carbocycles. The first kappa shape index (κ1) is 21.2. The predicted molar refractivity (Wildman–Crippen MR) is 89.9 cm³/mol. The SMILES string of the molecule is CC.CC.CC1CC(CCCCN(C)C)[C@@H](C)N1C. The Labute approximate surface area is 123 Å². The number of unbranched alkanes of at least 4 members (excludes halogenated alkanes) is 1. The summed E-state index contributed by atoms with van der Waals surface area (Å²) in [5.41, 5.74) is 0. The van der Waals surface area contributed by atoms with Gasteiger partial charge in [-0.15, -0.1) is 0 Å². The van der Waals surface area contributed by atoms with E-state index in [1.54, 1.807) is 0 Å². The lowest BCUT2D eigenvalue weighted by Crippen LogP contribution is -2.30. The van der Waals surface area contributed by atoms with Crippen molar-refractivity contribution in [1.82, 2.24) is 9.80 Å². The molecule has 19 heavy (non-hydrogen) atoms. The quantitative estimate of drug-likeness (QED) is 0.680. The molecule has 1 rings (SSSR count). The van der Waals surface area contributed by atoms with Gasteiger partial charge in [0.2, 0.25) is 0 Å². The van der Waals surface area contributed by atoms with Gasteiger partial charge in [-0.1, -0.05) is 34.1 Å². The van der Waals surface area contributed by atoms with E-state index < -0.39 is 0 Å². The molecule has 2 heteroatoms. The van der Waals surface area contributed by atoms with E-state index in [9.17, 15) is 0 Å². The topological polar surface area (TPSA) is 6.48 Å². The lowest BCUT2D eigenvalue weighted by atomic mass is 9.94. The van der Waals surface area contributed by atoms with Gasteiger partial charge in [-0.2, -0.15) is 0 Å². The highest BCUT2D eigenvalue weighted by molar-refractivity contribution is 4.87. The Hall–Kier alpha value is -0.0800. The molecule has 2 nitrogen and oxygen atoms in total. The van der Waals surface area contributed by atoms with Crippen molar-refractivity contribution in [1.29, 1.82) is 0 Å². The largest absolute Gasteiger partial charge is 0.309 e. The first-order valence-electron chi connectivity index (χ1n) is 8.39. The van der Waals surface area contributed by atoms with Gasteiger partial charge >= 0.3 is 0 Å². The molecule has 0 aromatic carbocycles. The van der Waals surface area contributed by atoms with Crippen LogP contribution >= 0.6 is 0 Å². The van der Waals surface area contributed by atoms with E-state index in [0.717, 1.165) is 18.0 Å². The summed E-state index contributed by atoms with van der Waals surface area (Å²) in [6.07, 6.45) is 5.57. The van der Waals surface area contributed by atoms with E-state index in [1.165, 1.54) is 32.2 Å². The van der Waals surface area contributed by atoms with E-state index in [1.807, 2.05) is 27.7 Å². The van der Waals surface area contributed by atoms with E-state index in [4.69, 9.17) is 0 Å². The summed E-state index contributed by atoms with van der Waals surface area (Å²) < 4.78 is 0. The molecule has 1 aliphatic rings. The van der Waals surface area contributed by atoms with Gasteiger partial charge in [0, 0.05) is 12.1 Å². The second-order valence-electron chi connectivity index (χ2n) is 5.55. The zero-order valence-corrected chi connectivity index (χ0v) is 15.2. The summed E-state index contributed by atoms with van der Waals surface area (Å²) in [5, 5.41) is 0. The van der Waals surface area contributed by atoms with Crippen LogP contribution in [-0.2, 0) is 0 Å². The summed E-state index contributed by atoms with van der Waals surface area (Å²) in [6, 6.07) is 1.58. The van der Waals surface area contributed by atoms with Crippen LogP contribution in [0.5, 0.6) is 0 Å². The molecule has 0 amide bonds. The standard InChI is InChI=1S/C13H28N2.2C2H6/c1-11-10-13(12(2)15(11)5)8-6-7-9-14(3)4;2*1-2/h11-13H,6-10H2,1-5H3;2*1-2H3/t11?,12-,13?;;/m1../s1. The molecular weight excluding hydrogens is 232 g/mol. The molecule has 0 bridgehead atoms. The molecule has 0 aromatic rings. The molecule has 1 fully saturated rings. The fourth-order valence-corrected chi connectivity index (χ4v) is 2.73. The molecule has 0 aromatic heterocycles. The van der Waals surface area contributed by atoms with Gasteiger partial charge in [0.1, 0.15) is 0 Å². The normalized spacial score (nSPS) is 26.5. The monoisotopic (exact) mass is 272 g/mol. The molecule has 2 unspecified atom stereocenters. The van der Waals surface area contributed by atoms with Gasteiger partial charge in [0.05, 0.1) is 0 Å². The first-order chi connectivity index (χ1) is 9.02. The average molecular weight is 273 g/mol. The third kappa shape index (κ3) is 8.65. The van der Waals surface area contributed by atoms with Gasteiger partial charge in [-0.3, -0.25) is 0 Å². The molecule has 1 heterocycles. The minimum Gasteiger partial charge on any atom is -0.309 e. The van der Waals surface area contributed by atoms with Crippen molar-refractivity contribution in [2.75, 3.05) is 27.7 Å². The molecule has 3 atom stereocenters. The third-order valence-corrected chi connectivity index (χ3v) is 4.09. The molecule has 0 spiro atoms. The summed E-state index contributed by atoms with van der Waals surface area (Å²) in [7, 11) is 6.59. The maximum atomic E-state index is 2.54. The lowest BCUT2D eigenvalue weighted by molar-refractivity contribution is 0.243. The predicted octanol–water partition coefficient (Wildman–Crippen LogP) is 4.50. The summed E-state index contributed by atoms with van der Waals surface area (Å²) in [6.45, 7) is 14.0. The number of hydrogen-bond donors (Lipinski definition) is 0. The van der Waals surface area contributed by atoms with Crippen LogP contribution in [0.3, 0.4) is 0 Å². The van der Waals surface area contributed by atoms with Crippen molar-refractivity contribution in [2.24, 2.45) is 5.92 Å². The van der Waals surface area contributed by atoms with E-state index in [-0.39, 0.29) is 0 Å². The molecule has 118 valence electrons. The van der Waals surface area contributed by atoms with Crippen LogP contribution in [0.2, 0.25) is 0 Å². The summed E-state index contributed by atoms with van der Waals surface area (Å²) in [5.74, 6) is 0.937. The highest BCUT2D eigenvalue weighted by Gasteiger charge is 2.32. The van der Waals surface area contributed by atoms with Crippen LogP contribution in [-0.4, -0.2) is 49.6 Å². The molecule has 0 radical (unpaired) electrons. The second kappa shape index (κ2) is 12.9. The van der Waals surface area contributed by atoms with Gasteiger partial charge in [0.15, 0.2) is 0 Å². The third-order valence-electron chi connectivity index (χ3n) is 4.09. The Balaban J connectivity index is 0. The number of likely N-dealkylation sites (tertiary alicyclic amines) is 1. The van der Waals surface area contributed by atoms with Gasteiger partial charge < -0.3 is 9.80 Å². The van der Waals surface area contributed by atoms with Crippen LogP contribution in [0.1, 0.15) is 67.2 Å². The van der Waals surface area contributed by atoms with E-state index in [2.05, 4.69) is 44.8 Å². The zero-order valence-electron chi connectivity index (χ0n) is 15.2. The van der Waals surface area contributed by atoms with Crippen molar-refractivity contribution in [3.05, 3.63) is 0 Å². The molecule has 0 N–H and O–H groups in total. The highest BCUT2D eigenvalue weighted by atomic mass is 15.2. The second-order valence-corrected chi connectivity index (χ2v) is 5.55. The molecular formula is C17H40N2. The van der Waals surface area contributed by atoms with Gasteiger partial charge in [-0.25, -0.2) is 0 Å². The number of rotatable bonds is 5. The Kier molecular flexibility index (Phi) is 14.4. The Bertz CT molecular complexity index is 180. The van der Waals surface area contributed by atoms with Crippen molar-refractivity contribution in [3.63, 3.8) is 0 Å². The van der Waals surface area contributed by atoms with Crippen molar-refractivity contribution >= 4 is 0 Å². The number of hydrogen-bond acceptors (Lipinski definition) is 2. The smallest absolute Gasteiger partial charge is 0.00955 e. The van der Waals surface area contributed by atoms with Gasteiger partial charge in [-0.05, 0) is 66.7 Å². The molecule has 1 aliphatic heterocycles. The summed E-state index contributed by atoms with van der Waals surface area (Å²) >= 11 is 0. The van der Waals surface area contributed by atoms with Crippen LogP contribution in [0.15, 0.2) is 0 Å². The summed E-state index contributed by atoms with van der Waals surface area (Å²) in [4.78, 5) is 4.82. The minimum atomic E-state index is 0.791. The first-order valence-corrected chi connectivity index (χ1v) is 8.39. The van der Waals surface area contributed by atoms with Crippen molar-refractivity contribution < 1.29 is 0 Å². The van der Waals surface area contributed by atoms with Crippen LogP contribution in [0.25, 0.3) is 0 Å². The minimum absolute atomic E-state index is 0.791. The highest BCUT2D eigenvalue weighted by Crippen LogP contribution is 2.31. The fraction of sp³-hybridized carbons (Fsp3) is 1.00. The molecule has 0 aliphatic carbocycles. The Morgan fingerprint density at radius 1 is 1.00 bits per heavy atom. The fourth-order valence-electron chi connectivity index (χ4n) is 2.73. The Morgan fingerprint density at radius 2 is 1.53 bits per heavy atom. The lowest BCUT2D eigenvalue weighted by Gasteiger charge is -2.22. The molecule has 1 saturated heterocycles. The zero-order chi connectivity index (χ0) is 15.4. The van der Waals surface area contributed by atoms with Crippen molar-refractivity contribution in [3.8, 4) is 0 Å². The maximum absolute atomic E-state index is 2.54. The van der Waals surface area contributed by atoms with E-state index >= 15 is 0 Å².